The van der Waals surface area contributed by atoms with Crippen molar-refractivity contribution in [2.45, 2.75) is 59.0 Å². The molecule has 0 saturated carbocycles. The fourth-order valence-electron chi connectivity index (χ4n) is 4.39. The maximum atomic E-state index is 12.9. The molecule has 1 amide bonds. The molecule has 0 spiro atoms. The van der Waals surface area contributed by atoms with Gasteiger partial charge in [-0.15, -0.1) is 0 Å². The summed E-state index contributed by atoms with van der Waals surface area (Å²) in [5, 5.41) is 7.64. The molecule has 4 aromatic rings. The van der Waals surface area contributed by atoms with Crippen LogP contribution in [0.15, 0.2) is 47.4 Å². The Hall–Kier alpha value is -3.72. The first-order valence-electron chi connectivity index (χ1n) is 11.9. The highest BCUT2D eigenvalue weighted by Gasteiger charge is 2.26. The lowest BCUT2D eigenvalue weighted by atomic mass is 9.93. The second-order valence-electron chi connectivity index (χ2n) is 9.99. The van der Waals surface area contributed by atoms with Crippen LogP contribution in [-0.2, 0) is 18.4 Å². The highest BCUT2D eigenvalue weighted by atomic mass is 16.5. The molecule has 0 bridgehead atoms. The second kappa shape index (κ2) is 8.81. The van der Waals surface area contributed by atoms with E-state index in [2.05, 4.69) is 39.2 Å². The van der Waals surface area contributed by atoms with E-state index in [0.717, 1.165) is 41.7 Å². The number of benzene rings is 1. The van der Waals surface area contributed by atoms with Crippen molar-refractivity contribution in [1.82, 2.24) is 24.6 Å². The Morgan fingerprint density at radius 1 is 1.23 bits per heavy atom. The van der Waals surface area contributed by atoms with Crippen molar-refractivity contribution in [3.63, 3.8) is 0 Å². The third-order valence-corrected chi connectivity index (χ3v) is 6.46. The fraction of sp³-hybridized carbons (Fsp3) is 0.385. The van der Waals surface area contributed by atoms with Crippen molar-refractivity contribution in [3.8, 4) is 11.6 Å². The third kappa shape index (κ3) is 4.51. The van der Waals surface area contributed by atoms with E-state index in [9.17, 15) is 4.79 Å². The van der Waals surface area contributed by atoms with Crippen LogP contribution in [0.1, 0.15) is 51.6 Å². The molecule has 1 aromatic carbocycles. The second-order valence-corrected chi connectivity index (χ2v) is 9.99. The first-order chi connectivity index (χ1) is 16.7. The van der Waals surface area contributed by atoms with Gasteiger partial charge in [0.05, 0.1) is 11.2 Å². The first-order valence-corrected chi connectivity index (χ1v) is 11.9. The molecule has 0 saturated heterocycles. The van der Waals surface area contributed by atoms with Crippen molar-refractivity contribution < 1.29 is 14.1 Å². The number of nitrogens with one attached hydrogen (secondary N) is 1. The molecule has 182 valence electrons. The maximum Gasteiger partial charge on any atom is 0.331 e. The normalized spacial score (nSPS) is 16.3. The van der Waals surface area contributed by atoms with Gasteiger partial charge in [-0.05, 0) is 44.2 Å². The summed E-state index contributed by atoms with van der Waals surface area (Å²) in [7, 11) is 0. The van der Waals surface area contributed by atoms with Gasteiger partial charge in [-0.1, -0.05) is 32.9 Å². The van der Waals surface area contributed by atoms with Crippen LogP contribution in [-0.4, -0.2) is 43.2 Å². The SMILES string of the molecule is CCN1Cc2ncnc(Oc3ccc4c(ccn4C(=O)Nc4cc(C(C)(C)C)on4)c3)c2CC1C. The van der Waals surface area contributed by atoms with E-state index in [0.29, 0.717) is 29.2 Å². The molecule has 9 heteroatoms. The minimum Gasteiger partial charge on any atom is -0.439 e. The first kappa shape index (κ1) is 23.0. The highest BCUT2D eigenvalue weighted by Crippen LogP contribution is 2.32. The number of amides is 1. The average molecular weight is 475 g/mol. The van der Waals surface area contributed by atoms with E-state index >= 15 is 0 Å². The van der Waals surface area contributed by atoms with Gasteiger partial charge < -0.3 is 9.26 Å². The number of aromatic nitrogens is 4. The Balaban J connectivity index is 1.35. The van der Waals surface area contributed by atoms with Crippen LogP contribution in [0.25, 0.3) is 10.9 Å². The van der Waals surface area contributed by atoms with Crippen LogP contribution < -0.4 is 10.1 Å². The van der Waals surface area contributed by atoms with Gasteiger partial charge >= 0.3 is 6.03 Å². The van der Waals surface area contributed by atoms with Crippen molar-refractivity contribution in [2.75, 3.05) is 11.9 Å². The lowest BCUT2D eigenvalue weighted by Crippen LogP contribution is -2.38. The molecule has 0 aliphatic carbocycles. The predicted octanol–water partition coefficient (Wildman–Crippen LogP) is 5.36. The predicted molar refractivity (Wildman–Crippen MR) is 133 cm³/mol. The number of carbonyl (C=O) groups excluding carboxylic acids is 1. The van der Waals surface area contributed by atoms with Gasteiger partial charge in [0.1, 0.15) is 17.8 Å². The molecule has 9 nitrogen and oxygen atoms in total. The van der Waals surface area contributed by atoms with Crippen molar-refractivity contribution in [1.29, 1.82) is 0 Å². The molecular weight excluding hydrogens is 444 g/mol. The van der Waals surface area contributed by atoms with Crippen LogP contribution in [0, 0.1) is 0 Å². The van der Waals surface area contributed by atoms with Crippen molar-refractivity contribution in [3.05, 3.63) is 59.9 Å². The Morgan fingerprint density at radius 3 is 2.80 bits per heavy atom. The number of likely N-dealkylation sites (N-methyl/N-ethyl adjacent to an activating group) is 1. The van der Waals surface area contributed by atoms with E-state index in [1.165, 1.54) is 4.57 Å². The number of anilines is 1. The topological polar surface area (TPSA) is 98.3 Å². The molecule has 35 heavy (non-hydrogen) atoms. The van der Waals surface area contributed by atoms with Crippen molar-refractivity contribution >= 4 is 22.8 Å². The van der Waals surface area contributed by atoms with Crippen LogP contribution in [0.2, 0.25) is 0 Å². The van der Waals surface area contributed by atoms with Crippen LogP contribution in [0.3, 0.4) is 0 Å². The molecule has 1 atom stereocenters. The van der Waals surface area contributed by atoms with Crippen molar-refractivity contribution in [2.24, 2.45) is 0 Å². The molecule has 0 radical (unpaired) electrons. The Labute approximate surface area is 204 Å². The minimum atomic E-state index is -0.318. The summed E-state index contributed by atoms with van der Waals surface area (Å²) in [4.78, 5) is 24.2. The lowest BCUT2D eigenvalue weighted by Gasteiger charge is -2.33. The van der Waals surface area contributed by atoms with E-state index in [4.69, 9.17) is 9.26 Å². The molecule has 1 unspecified atom stereocenters. The van der Waals surface area contributed by atoms with E-state index in [-0.39, 0.29) is 11.4 Å². The molecule has 5 rings (SSSR count). The van der Waals surface area contributed by atoms with Gasteiger partial charge in [-0.25, -0.2) is 14.8 Å². The Kier molecular flexibility index (Phi) is 5.80. The summed E-state index contributed by atoms with van der Waals surface area (Å²) < 4.78 is 13.1. The molecule has 3 aromatic heterocycles. The summed E-state index contributed by atoms with van der Waals surface area (Å²) in [6, 6.07) is 9.33. The average Bonchev–Trinajstić information content (AvgIpc) is 3.46. The summed E-state index contributed by atoms with van der Waals surface area (Å²) in [6.07, 6.45) is 4.13. The zero-order valence-corrected chi connectivity index (χ0v) is 20.7. The molecule has 1 N–H and O–H groups in total. The van der Waals surface area contributed by atoms with Gasteiger partial charge in [0.15, 0.2) is 5.82 Å². The zero-order chi connectivity index (χ0) is 24.7. The van der Waals surface area contributed by atoms with Crippen LogP contribution in [0.5, 0.6) is 11.6 Å². The Bertz CT molecular complexity index is 1380. The summed E-state index contributed by atoms with van der Waals surface area (Å²) in [5.74, 6) is 2.34. The van der Waals surface area contributed by atoms with E-state index in [1.807, 2.05) is 45.0 Å². The summed E-state index contributed by atoms with van der Waals surface area (Å²) >= 11 is 0. The van der Waals surface area contributed by atoms with Crippen LogP contribution in [0.4, 0.5) is 10.6 Å². The molecule has 0 fully saturated rings. The number of hydrogen-bond acceptors (Lipinski definition) is 7. The van der Waals surface area contributed by atoms with Gasteiger partial charge in [-0.2, -0.15) is 0 Å². The Morgan fingerprint density at radius 2 is 2.06 bits per heavy atom. The molecule has 4 heterocycles. The van der Waals surface area contributed by atoms with Gasteiger partial charge in [0.25, 0.3) is 0 Å². The highest BCUT2D eigenvalue weighted by molar-refractivity contribution is 5.98. The smallest absolute Gasteiger partial charge is 0.331 e. The number of hydrogen-bond donors (Lipinski definition) is 1. The lowest BCUT2D eigenvalue weighted by molar-refractivity contribution is 0.189. The number of ether oxygens (including phenoxy) is 1. The van der Waals surface area contributed by atoms with Gasteiger partial charge in [-0.3, -0.25) is 14.8 Å². The third-order valence-electron chi connectivity index (χ3n) is 6.46. The maximum absolute atomic E-state index is 12.9. The largest absolute Gasteiger partial charge is 0.439 e. The minimum absolute atomic E-state index is 0.192. The van der Waals surface area contributed by atoms with Gasteiger partial charge in [0.2, 0.25) is 5.88 Å². The van der Waals surface area contributed by atoms with E-state index < -0.39 is 0 Å². The zero-order valence-electron chi connectivity index (χ0n) is 20.7. The monoisotopic (exact) mass is 474 g/mol. The number of fused-ring (bicyclic) bond motifs is 2. The molecular formula is C26H30N6O3. The quantitative estimate of drug-likeness (QED) is 0.425. The summed E-state index contributed by atoms with van der Waals surface area (Å²) in [5.41, 5.74) is 2.64. The van der Waals surface area contributed by atoms with E-state index in [1.54, 1.807) is 18.6 Å². The molecule has 1 aliphatic rings. The standard InChI is InChI=1S/C26H30N6O3/c1-6-31-14-20-19(11-16(31)2)24(28-15-27-20)34-18-7-8-21-17(12-18)9-10-32(21)25(33)29-23-13-22(35-30-23)26(3,4)5/h7-10,12-13,15-16H,6,11,14H2,1-5H3,(H,29,30,33). The number of carbonyl (C=O) groups is 1. The summed E-state index contributed by atoms with van der Waals surface area (Å²) in [6.45, 7) is 12.2. The van der Waals surface area contributed by atoms with Crippen LogP contribution >= 0.6 is 0 Å². The number of nitrogens with zero attached hydrogens (tertiary/aromatic N) is 5. The van der Waals surface area contributed by atoms with Gasteiger partial charge in [0, 0.05) is 41.2 Å². The molecule has 1 aliphatic heterocycles. The fourth-order valence-corrected chi connectivity index (χ4v) is 4.39. The number of rotatable bonds is 4.